The summed E-state index contributed by atoms with van der Waals surface area (Å²) < 4.78 is 0. The van der Waals surface area contributed by atoms with Gasteiger partial charge in [-0.2, -0.15) is 0 Å². The molecular formula is C19H28N4O2. The molecule has 25 heavy (non-hydrogen) atoms. The van der Waals surface area contributed by atoms with Crippen LogP contribution in [0.15, 0.2) is 30.3 Å². The van der Waals surface area contributed by atoms with E-state index in [1.165, 1.54) is 6.42 Å². The summed E-state index contributed by atoms with van der Waals surface area (Å²) in [6, 6.07) is 8.93. The summed E-state index contributed by atoms with van der Waals surface area (Å²) in [6.45, 7) is 6.82. The van der Waals surface area contributed by atoms with Crippen LogP contribution in [0.3, 0.4) is 0 Å². The van der Waals surface area contributed by atoms with Gasteiger partial charge < -0.3 is 20.4 Å². The fraction of sp³-hybridized carbons (Fsp3) is 0.579. The molecule has 3 amide bonds. The van der Waals surface area contributed by atoms with Crippen molar-refractivity contribution in [1.29, 1.82) is 0 Å². The number of urea groups is 1. The van der Waals surface area contributed by atoms with Gasteiger partial charge in [-0.25, -0.2) is 4.79 Å². The molecule has 2 N–H and O–H groups in total. The van der Waals surface area contributed by atoms with Crippen molar-refractivity contribution in [2.75, 3.05) is 37.6 Å². The maximum Gasteiger partial charge on any atom is 0.315 e. The molecule has 0 aliphatic carbocycles. The Morgan fingerprint density at radius 2 is 2.00 bits per heavy atom. The third-order valence-corrected chi connectivity index (χ3v) is 5.04. The number of para-hydroxylation sites is 1. The lowest BCUT2D eigenvalue weighted by atomic mass is 10.1. The van der Waals surface area contributed by atoms with Gasteiger partial charge in [0.05, 0.1) is 0 Å². The smallest absolute Gasteiger partial charge is 0.315 e. The summed E-state index contributed by atoms with van der Waals surface area (Å²) in [6.07, 6.45) is 2.95. The van der Waals surface area contributed by atoms with Crippen molar-refractivity contribution in [2.24, 2.45) is 5.92 Å². The summed E-state index contributed by atoms with van der Waals surface area (Å²) in [4.78, 5) is 28.8. The zero-order valence-electron chi connectivity index (χ0n) is 14.9. The van der Waals surface area contributed by atoms with Gasteiger partial charge in [0.2, 0.25) is 5.91 Å². The number of carbonyl (C=O) groups excluding carboxylic acids is 2. The van der Waals surface area contributed by atoms with E-state index < -0.39 is 6.04 Å². The van der Waals surface area contributed by atoms with Gasteiger partial charge in [-0.1, -0.05) is 25.1 Å². The standard InChI is InChI=1S/C19H28N4O2/c1-2-10-22-11-8-15(14-22)13-20-19(25)21-17-9-12-23(18(17)24)16-6-4-3-5-7-16/h3-7,15,17H,2,8-14H2,1H3,(H2,20,21,25)/t15-,17-/m1/s1. The van der Waals surface area contributed by atoms with Crippen molar-refractivity contribution >= 4 is 17.6 Å². The van der Waals surface area contributed by atoms with E-state index in [-0.39, 0.29) is 11.9 Å². The van der Waals surface area contributed by atoms with Crippen molar-refractivity contribution in [2.45, 2.75) is 32.2 Å². The first kappa shape index (κ1) is 17.7. The molecule has 3 rings (SSSR count). The summed E-state index contributed by atoms with van der Waals surface area (Å²) in [5.41, 5.74) is 0.888. The van der Waals surface area contributed by atoms with E-state index in [0.717, 1.165) is 31.7 Å². The normalized spacial score (nSPS) is 23.9. The van der Waals surface area contributed by atoms with Gasteiger partial charge in [-0.05, 0) is 50.4 Å². The average molecular weight is 344 g/mol. The monoisotopic (exact) mass is 344 g/mol. The van der Waals surface area contributed by atoms with Crippen LogP contribution in [-0.2, 0) is 4.79 Å². The lowest BCUT2D eigenvalue weighted by Crippen LogP contribution is -2.47. The molecule has 136 valence electrons. The zero-order valence-corrected chi connectivity index (χ0v) is 14.9. The van der Waals surface area contributed by atoms with Crippen LogP contribution in [0.4, 0.5) is 10.5 Å². The molecule has 2 fully saturated rings. The van der Waals surface area contributed by atoms with Gasteiger partial charge in [0.25, 0.3) is 0 Å². The van der Waals surface area contributed by atoms with Crippen LogP contribution in [-0.4, -0.2) is 55.6 Å². The number of benzene rings is 1. The SMILES string of the molecule is CCCN1CC[C@H](CNC(=O)N[C@@H]2CCN(c3ccccc3)C2=O)C1. The third kappa shape index (κ3) is 4.51. The molecule has 6 nitrogen and oxygen atoms in total. The lowest BCUT2D eigenvalue weighted by molar-refractivity contribution is -0.118. The average Bonchev–Trinajstić information content (AvgIpc) is 3.22. The van der Waals surface area contributed by atoms with E-state index in [1.54, 1.807) is 4.90 Å². The number of anilines is 1. The molecule has 6 heteroatoms. The van der Waals surface area contributed by atoms with Crippen LogP contribution in [0, 0.1) is 5.92 Å². The van der Waals surface area contributed by atoms with Crippen molar-refractivity contribution in [3.63, 3.8) is 0 Å². The summed E-state index contributed by atoms with van der Waals surface area (Å²) in [5, 5.41) is 5.78. The minimum atomic E-state index is -0.430. The first-order valence-electron chi connectivity index (χ1n) is 9.30. The molecule has 2 atom stereocenters. The van der Waals surface area contributed by atoms with Gasteiger partial charge in [0, 0.05) is 25.3 Å². The number of nitrogens with zero attached hydrogens (tertiary/aromatic N) is 2. The molecule has 2 saturated heterocycles. The number of amides is 3. The summed E-state index contributed by atoms with van der Waals surface area (Å²) in [5.74, 6) is 0.480. The molecule has 1 aromatic carbocycles. The minimum absolute atomic E-state index is 0.0312. The van der Waals surface area contributed by atoms with Crippen molar-refractivity contribution in [3.8, 4) is 0 Å². The molecule has 2 aliphatic rings. The van der Waals surface area contributed by atoms with E-state index in [9.17, 15) is 9.59 Å². The molecule has 0 radical (unpaired) electrons. The molecular weight excluding hydrogens is 316 g/mol. The molecule has 0 unspecified atom stereocenters. The van der Waals surface area contributed by atoms with Crippen molar-refractivity contribution in [1.82, 2.24) is 15.5 Å². The number of hydrogen-bond acceptors (Lipinski definition) is 3. The maximum atomic E-state index is 12.5. The second kappa shape index (κ2) is 8.34. The zero-order chi connectivity index (χ0) is 17.6. The Kier molecular flexibility index (Phi) is 5.91. The Morgan fingerprint density at radius 1 is 1.20 bits per heavy atom. The van der Waals surface area contributed by atoms with Crippen molar-refractivity contribution in [3.05, 3.63) is 30.3 Å². The first-order chi connectivity index (χ1) is 12.2. The van der Waals surface area contributed by atoms with E-state index >= 15 is 0 Å². The van der Waals surface area contributed by atoms with Gasteiger partial charge in [0.15, 0.2) is 0 Å². The maximum absolute atomic E-state index is 12.5. The topological polar surface area (TPSA) is 64.7 Å². The Morgan fingerprint density at radius 3 is 2.76 bits per heavy atom. The fourth-order valence-electron chi connectivity index (χ4n) is 3.72. The quantitative estimate of drug-likeness (QED) is 0.827. The molecule has 0 bridgehead atoms. The Bertz CT molecular complexity index is 592. The van der Waals surface area contributed by atoms with Crippen molar-refractivity contribution < 1.29 is 9.59 Å². The van der Waals surface area contributed by atoms with Crippen LogP contribution < -0.4 is 15.5 Å². The molecule has 0 aromatic heterocycles. The number of rotatable bonds is 6. The molecule has 0 spiro atoms. The number of likely N-dealkylation sites (tertiary alicyclic amines) is 1. The second-order valence-corrected chi connectivity index (χ2v) is 6.98. The highest BCUT2D eigenvalue weighted by molar-refractivity contribution is 6.01. The van der Waals surface area contributed by atoms with Crippen LogP contribution in [0.25, 0.3) is 0 Å². The highest BCUT2D eigenvalue weighted by Gasteiger charge is 2.33. The molecule has 2 heterocycles. The second-order valence-electron chi connectivity index (χ2n) is 6.98. The predicted molar refractivity (Wildman–Crippen MR) is 98.6 cm³/mol. The largest absolute Gasteiger partial charge is 0.338 e. The van der Waals surface area contributed by atoms with Crippen LogP contribution in [0.5, 0.6) is 0 Å². The fourth-order valence-corrected chi connectivity index (χ4v) is 3.72. The van der Waals surface area contributed by atoms with Gasteiger partial charge in [-0.3, -0.25) is 4.79 Å². The van der Waals surface area contributed by atoms with E-state index in [2.05, 4.69) is 22.5 Å². The van der Waals surface area contributed by atoms with Gasteiger partial charge in [0.1, 0.15) is 6.04 Å². The highest BCUT2D eigenvalue weighted by atomic mass is 16.2. The summed E-state index contributed by atoms with van der Waals surface area (Å²) in [7, 11) is 0. The Hall–Kier alpha value is -2.08. The molecule has 0 saturated carbocycles. The van der Waals surface area contributed by atoms with Crippen LogP contribution in [0.1, 0.15) is 26.2 Å². The molecule has 1 aromatic rings. The number of nitrogens with one attached hydrogen (secondary N) is 2. The number of carbonyl (C=O) groups is 2. The van der Waals surface area contributed by atoms with Crippen LogP contribution >= 0.6 is 0 Å². The first-order valence-corrected chi connectivity index (χ1v) is 9.30. The van der Waals surface area contributed by atoms with Crippen LogP contribution in [0.2, 0.25) is 0 Å². The predicted octanol–water partition coefficient (Wildman–Crippen LogP) is 1.82. The van der Waals surface area contributed by atoms with E-state index in [4.69, 9.17) is 0 Å². The minimum Gasteiger partial charge on any atom is -0.338 e. The Balaban J connectivity index is 1.42. The lowest BCUT2D eigenvalue weighted by Gasteiger charge is -2.18. The summed E-state index contributed by atoms with van der Waals surface area (Å²) >= 11 is 0. The third-order valence-electron chi connectivity index (χ3n) is 5.04. The van der Waals surface area contributed by atoms with E-state index in [0.29, 0.717) is 25.4 Å². The van der Waals surface area contributed by atoms with E-state index in [1.807, 2.05) is 30.3 Å². The highest BCUT2D eigenvalue weighted by Crippen LogP contribution is 2.21. The number of hydrogen-bond donors (Lipinski definition) is 2. The van der Waals surface area contributed by atoms with Gasteiger partial charge >= 0.3 is 6.03 Å². The van der Waals surface area contributed by atoms with Gasteiger partial charge in [-0.15, -0.1) is 0 Å². The molecule has 2 aliphatic heterocycles. The Labute approximate surface area is 149 Å².